The molecule has 0 aliphatic heterocycles. The summed E-state index contributed by atoms with van der Waals surface area (Å²) in [4.78, 5) is 21.2. The van der Waals surface area contributed by atoms with Crippen molar-refractivity contribution in [2.24, 2.45) is 11.5 Å². The maximum atomic E-state index is 12.7. The topological polar surface area (TPSA) is 110 Å². The van der Waals surface area contributed by atoms with Crippen LogP contribution in [0.15, 0.2) is 48.5 Å². The number of hydrogen-bond acceptors (Lipinski definition) is 5. The van der Waals surface area contributed by atoms with Crippen LogP contribution in [0.2, 0.25) is 0 Å². The molecule has 0 fully saturated rings. The summed E-state index contributed by atoms with van der Waals surface area (Å²) in [5.41, 5.74) is 13.6. The Kier molecular flexibility index (Phi) is 11.3. The second-order valence-electron chi connectivity index (χ2n) is 8.04. The van der Waals surface area contributed by atoms with Gasteiger partial charge in [0.05, 0.1) is 0 Å². The molecule has 2 atom stereocenters. The predicted molar refractivity (Wildman–Crippen MR) is 127 cm³/mol. The number of carbonyl (C=O) groups is 2. The average Bonchev–Trinajstić information content (AvgIpc) is 2.73. The van der Waals surface area contributed by atoms with Gasteiger partial charge in [-0.25, -0.2) is 4.39 Å². The molecule has 2 aromatic carbocycles. The zero-order valence-corrected chi connectivity index (χ0v) is 19.1. The smallest absolute Gasteiger partial charge is 0.236 e. The van der Waals surface area contributed by atoms with Gasteiger partial charge in [-0.2, -0.15) is 0 Å². The number of amides is 1. The molecule has 2 aromatic rings. The molecular weight excluding hydrogens is 407 g/mol. The minimum Gasteiger partial charge on any atom is -0.368 e. The van der Waals surface area contributed by atoms with Crippen LogP contribution < -0.4 is 22.1 Å². The second-order valence-corrected chi connectivity index (χ2v) is 8.04. The quantitative estimate of drug-likeness (QED) is 0.371. The molecule has 0 aliphatic carbocycles. The lowest BCUT2D eigenvalue weighted by molar-refractivity contribution is -0.121. The number of likely N-dealkylation sites (N-methyl/N-ethyl adjacent to an activating group) is 1. The molecule has 6 N–H and O–H groups in total. The first-order chi connectivity index (χ1) is 15.1. The monoisotopic (exact) mass is 440 g/mol. The lowest BCUT2D eigenvalue weighted by Gasteiger charge is -2.26. The Hall–Kier alpha value is -3.05. The minimum absolute atomic E-state index is 0.359. The molecule has 0 heterocycles. The SMILES string of the molecule is CC(F)CNCc1ccc(C#Cc2ccc(C=O)cc2)cc1.CNC(C(N)=O)C(C)(C)N. The van der Waals surface area contributed by atoms with Crippen molar-refractivity contribution in [1.29, 1.82) is 0 Å². The molecule has 0 saturated carbocycles. The summed E-state index contributed by atoms with van der Waals surface area (Å²) in [5.74, 6) is 5.72. The van der Waals surface area contributed by atoms with E-state index in [9.17, 15) is 14.0 Å². The summed E-state index contributed by atoms with van der Waals surface area (Å²) in [6.07, 6.45) is -0.0241. The van der Waals surface area contributed by atoms with Crippen LogP contribution in [0.1, 0.15) is 47.8 Å². The fourth-order valence-electron chi connectivity index (χ4n) is 2.79. The van der Waals surface area contributed by atoms with Crippen molar-refractivity contribution in [2.45, 2.75) is 45.1 Å². The van der Waals surface area contributed by atoms with Gasteiger partial charge in [0.15, 0.2) is 0 Å². The third-order valence-electron chi connectivity index (χ3n) is 4.42. The van der Waals surface area contributed by atoms with Crippen molar-refractivity contribution < 1.29 is 14.0 Å². The Morgan fingerprint density at radius 3 is 1.94 bits per heavy atom. The van der Waals surface area contributed by atoms with Gasteiger partial charge in [-0.15, -0.1) is 0 Å². The first-order valence-electron chi connectivity index (χ1n) is 10.3. The number of aldehydes is 1. The molecule has 0 spiro atoms. The van der Waals surface area contributed by atoms with Gasteiger partial charge in [-0.05, 0) is 57.6 Å². The van der Waals surface area contributed by atoms with E-state index in [2.05, 4.69) is 22.5 Å². The van der Waals surface area contributed by atoms with Gasteiger partial charge in [0, 0.05) is 35.3 Å². The van der Waals surface area contributed by atoms with Crippen molar-refractivity contribution in [2.75, 3.05) is 13.6 Å². The van der Waals surface area contributed by atoms with Crippen LogP contribution in [0.5, 0.6) is 0 Å². The molecule has 7 heteroatoms. The van der Waals surface area contributed by atoms with Gasteiger partial charge in [0.25, 0.3) is 0 Å². The van der Waals surface area contributed by atoms with E-state index < -0.39 is 23.7 Å². The van der Waals surface area contributed by atoms with Gasteiger partial charge in [-0.1, -0.05) is 36.1 Å². The van der Waals surface area contributed by atoms with E-state index in [1.54, 1.807) is 33.0 Å². The number of carbonyl (C=O) groups excluding carboxylic acids is 2. The number of rotatable bonds is 8. The fraction of sp³-hybridized carbons (Fsp3) is 0.360. The highest BCUT2D eigenvalue weighted by Crippen LogP contribution is 2.05. The molecule has 2 unspecified atom stereocenters. The van der Waals surface area contributed by atoms with Gasteiger partial charge in [0.1, 0.15) is 18.5 Å². The zero-order chi connectivity index (χ0) is 24.1. The molecule has 0 bridgehead atoms. The van der Waals surface area contributed by atoms with Crippen molar-refractivity contribution in [1.82, 2.24) is 10.6 Å². The molecule has 32 heavy (non-hydrogen) atoms. The van der Waals surface area contributed by atoms with Crippen LogP contribution >= 0.6 is 0 Å². The van der Waals surface area contributed by atoms with Crippen molar-refractivity contribution >= 4 is 12.2 Å². The van der Waals surface area contributed by atoms with E-state index in [1.807, 2.05) is 36.4 Å². The Morgan fingerprint density at radius 1 is 1.09 bits per heavy atom. The van der Waals surface area contributed by atoms with Gasteiger partial charge in [-0.3, -0.25) is 9.59 Å². The summed E-state index contributed by atoms with van der Waals surface area (Å²) in [7, 11) is 1.66. The number of hydrogen-bond donors (Lipinski definition) is 4. The normalized spacial score (nSPS) is 12.4. The molecule has 2 rings (SSSR count). The van der Waals surface area contributed by atoms with Crippen LogP contribution in [-0.4, -0.2) is 43.5 Å². The number of halogens is 1. The largest absolute Gasteiger partial charge is 0.368 e. The van der Waals surface area contributed by atoms with Crippen molar-refractivity contribution in [3.63, 3.8) is 0 Å². The lowest BCUT2D eigenvalue weighted by atomic mass is 9.96. The predicted octanol–water partition coefficient (Wildman–Crippen LogP) is 2.14. The van der Waals surface area contributed by atoms with E-state index in [0.29, 0.717) is 18.7 Å². The molecule has 0 aliphatic rings. The van der Waals surface area contributed by atoms with E-state index in [4.69, 9.17) is 11.5 Å². The summed E-state index contributed by atoms with van der Waals surface area (Å²) < 4.78 is 12.7. The molecule has 0 saturated heterocycles. The van der Waals surface area contributed by atoms with Crippen LogP contribution in [0.4, 0.5) is 4.39 Å². The van der Waals surface area contributed by atoms with Crippen molar-refractivity contribution in [3.05, 3.63) is 70.8 Å². The molecular formula is C25H33FN4O2. The van der Waals surface area contributed by atoms with E-state index in [-0.39, 0.29) is 0 Å². The summed E-state index contributed by atoms with van der Waals surface area (Å²) in [6, 6.07) is 14.5. The Balaban J connectivity index is 0.000000433. The molecule has 0 radical (unpaired) electrons. The Labute approximate surface area is 190 Å². The molecule has 0 aromatic heterocycles. The first kappa shape index (κ1) is 27.0. The number of nitrogens with one attached hydrogen (secondary N) is 2. The Bertz CT molecular complexity index is 908. The summed E-state index contributed by atoms with van der Waals surface area (Å²) >= 11 is 0. The van der Waals surface area contributed by atoms with Gasteiger partial charge >= 0.3 is 0 Å². The molecule has 6 nitrogen and oxygen atoms in total. The number of nitrogens with two attached hydrogens (primary N) is 2. The average molecular weight is 441 g/mol. The summed E-state index contributed by atoms with van der Waals surface area (Å²) in [6.45, 7) is 6.04. The van der Waals surface area contributed by atoms with Crippen LogP contribution in [0.25, 0.3) is 0 Å². The van der Waals surface area contributed by atoms with Crippen LogP contribution in [0.3, 0.4) is 0 Å². The van der Waals surface area contributed by atoms with Gasteiger partial charge in [0.2, 0.25) is 5.91 Å². The third-order valence-corrected chi connectivity index (χ3v) is 4.42. The van der Waals surface area contributed by atoms with E-state index in [1.165, 1.54) is 6.92 Å². The maximum Gasteiger partial charge on any atom is 0.236 e. The number of benzene rings is 2. The Morgan fingerprint density at radius 2 is 1.59 bits per heavy atom. The highest BCUT2D eigenvalue weighted by Gasteiger charge is 2.28. The van der Waals surface area contributed by atoms with Crippen LogP contribution in [0, 0.1) is 11.8 Å². The zero-order valence-electron chi connectivity index (χ0n) is 19.1. The first-order valence-corrected chi connectivity index (χ1v) is 10.3. The van der Waals surface area contributed by atoms with E-state index in [0.717, 1.165) is 23.0 Å². The highest BCUT2D eigenvalue weighted by molar-refractivity contribution is 5.81. The van der Waals surface area contributed by atoms with Crippen molar-refractivity contribution in [3.8, 4) is 11.8 Å². The maximum absolute atomic E-state index is 12.7. The van der Waals surface area contributed by atoms with E-state index >= 15 is 0 Å². The molecule has 1 amide bonds. The number of primary amides is 1. The lowest BCUT2D eigenvalue weighted by Crippen LogP contribution is -2.58. The second kappa shape index (κ2) is 13.4. The summed E-state index contributed by atoms with van der Waals surface area (Å²) in [5, 5.41) is 5.79. The fourth-order valence-corrected chi connectivity index (χ4v) is 2.79. The standard InChI is InChI=1S/C19H18FNO.C6H15N3O/c1-15(20)12-21-13-18-8-4-16(5-9-18)2-3-17-6-10-19(14-22)11-7-17;1-6(2,8)4(9-3)5(7)10/h4-11,14-15,21H,12-13H2,1H3;4,9H,8H2,1-3H3,(H2,7,10). The third kappa shape index (κ3) is 10.3. The highest BCUT2D eigenvalue weighted by atomic mass is 19.1. The van der Waals surface area contributed by atoms with Crippen LogP contribution in [-0.2, 0) is 11.3 Å². The molecule has 172 valence electrons. The minimum atomic E-state index is -0.837. The number of alkyl halides is 1. The van der Waals surface area contributed by atoms with Gasteiger partial charge < -0.3 is 22.1 Å².